The smallest absolute Gasteiger partial charge is 0.274 e. The highest BCUT2D eigenvalue weighted by Crippen LogP contribution is 2.35. The number of thiazole rings is 1. The number of oxazole rings is 4. The number of aromatic nitrogens is 5. The van der Waals surface area contributed by atoms with E-state index in [0.717, 1.165) is 0 Å². The maximum absolute atomic E-state index is 14.1. The van der Waals surface area contributed by atoms with E-state index in [0.29, 0.717) is 34.1 Å². The highest BCUT2D eigenvalue weighted by molar-refractivity contribution is 7.13. The molecule has 1 aliphatic heterocycles. The van der Waals surface area contributed by atoms with Crippen molar-refractivity contribution in [3.05, 3.63) is 72.2 Å². The van der Waals surface area contributed by atoms with Crippen LogP contribution in [0.3, 0.4) is 0 Å². The number of benzene rings is 1. The summed E-state index contributed by atoms with van der Waals surface area (Å²) in [5, 5.41) is 10.7. The number of carbonyl (C=O) groups excluding carboxylic acids is 3. The van der Waals surface area contributed by atoms with Crippen LogP contribution in [0.2, 0.25) is 0 Å². The first-order valence-electron chi connectivity index (χ1n) is 16.5. The van der Waals surface area contributed by atoms with Crippen LogP contribution in [-0.2, 0) is 9.59 Å². The van der Waals surface area contributed by atoms with E-state index in [4.69, 9.17) is 17.7 Å². The van der Waals surface area contributed by atoms with Gasteiger partial charge in [0.05, 0.1) is 5.70 Å². The third kappa shape index (κ3) is 6.55. The van der Waals surface area contributed by atoms with Crippen LogP contribution in [0.25, 0.3) is 62.5 Å². The number of nitrogens with one attached hydrogen (secondary N) is 3. The SMILES string of the molecule is C=C1NC(=O)[C@@H](C(C)C)NC(=O)[C@@H]([C@@H](C)CC)NC(=O)c2nc(oc2-c2ccccc2)-c2nc(oc2C)-c2csc(n2)-c2coc(n2)-c2coc1n2. The van der Waals surface area contributed by atoms with E-state index in [1.165, 1.54) is 23.9 Å². The van der Waals surface area contributed by atoms with Crippen molar-refractivity contribution in [2.45, 2.75) is 53.1 Å². The molecule has 5 aromatic heterocycles. The third-order valence-corrected chi connectivity index (χ3v) is 9.47. The number of hydrogen-bond donors (Lipinski definition) is 3. The van der Waals surface area contributed by atoms with Crippen LogP contribution >= 0.6 is 11.3 Å². The second-order valence-corrected chi connectivity index (χ2v) is 13.5. The molecular weight excluding hydrogens is 689 g/mol. The van der Waals surface area contributed by atoms with E-state index < -0.39 is 29.8 Å². The first-order valence-corrected chi connectivity index (χ1v) is 17.4. The Bertz CT molecular complexity index is 2300. The summed E-state index contributed by atoms with van der Waals surface area (Å²) in [4.78, 5) is 64.4. The van der Waals surface area contributed by atoms with Crippen LogP contribution in [-0.4, -0.2) is 54.7 Å². The molecule has 0 fully saturated rings. The quantitative estimate of drug-likeness (QED) is 0.188. The minimum Gasteiger partial charge on any atom is -0.443 e. The van der Waals surface area contributed by atoms with Crippen molar-refractivity contribution in [2.24, 2.45) is 11.8 Å². The molecular formula is C36H34N8O7S. The maximum atomic E-state index is 14.1. The molecule has 0 saturated carbocycles. The highest BCUT2D eigenvalue weighted by atomic mass is 32.1. The van der Waals surface area contributed by atoms with Gasteiger partial charge in [-0.2, -0.15) is 0 Å². The Hall–Kier alpha value is -6.16. The fraction of sp³-hybridized carbons (Fsp3) is 0.278. The third-order valence-electron chi connectivity index (χ3n) is 8.61. The molecule has 0 radical (unpaired) electrons. The molecule has 1 aliphatic rings. The van der Waals surface area contributed by atoms with Crippen LogP contribution in [0, 0.1) is 18.8 Å². The summed E-state index contributed by atoms with van der Waals surface area (Å²) in [6.45, 7) is 12.9. The summed E-state index contributed by atoms with van der Waals surface area (Å²) < 4.78 is 23.5. The van der Waals surface area contributed by atoms with Crippen LogP contribution in [0.4, 0.5) is 0 Å². The van der Waals surface area contributed by atoms with Gasteiger partial charge < -0.3 is 33.6 Å². The van der Waals surface area contributed by atoms with Gasteiger partial charge in [0.2, 0.25) is 35.4 Å². The van der Waals surface area contributed by atoms with Crippen molar-refractivity contribution in [2.75, 3.05) is 0 Å². The van der Waals surface area contributed by atoms with Crippen LogP contribution < -0.4 is 16.0 Å². The van der Waals surface area contributed by atoms with Crippen molar-refractivity contribution >= 4 is 34.8 Å². The molecule has 3 amide bonds. The summed E-state index contributed by atoms with van der Waals surface area (Å²) in [7, 11) is 0. The minimum atomic E-state index is -1.04. The molecule has 16 heteroatoms. The van der Waals surface area contributed by atoms with Crippen LogP contribution in [0.1, 0.15) is 56.3 Å². The summed E-state index contributed by atoms with van der Waals surface area (Å²) in [5.74, 6) is -1.47. The molecule has 266 valence electrons. The molecule has 6 heterocycles. The summed E-state index contributed by atoms with van der Waals surface area (Å²) >= 11 is 1.30. The van der Waals surface area contributed by atoms with Crippen LogP contribution in [0.15, 0.2) is 72.5 Å². The van der Waals surface area contributed by atoms with Gasteiger partial charge in [-0.15, -0.1) is 11.3 Å². The van der Waals surface area contributed by atoms with Crippen molar-refractivity contribution in [3.8, 4) is 56.8 Å². The Labute approximate surface area is 301 Å². The fourth-order valence-corrected chi connectivity index (χ4v) is 6.27. The van der Waals surface area contributed by atoms with Crippen molar-refractivity contribution in [1.29, 1.82) is 0 Å². The molecule has 10 bridgehead atoms. The molecule has 0 unspecified atom stereocenters. The van der Waals surface area contributed by atoms with Crippen molar-refractivity contribution in [1.82, 2.24) is 40.9 Å². The number of aryl methyl sites for hydroxylation is 1. The van der Waals surface area contributed by atoms with Gasteiger partial charge in [0.1, 0.15) is 46.8 Å². The lowest BCUT2D eigenvalue weighted by atomic mass is 9.96. The number of rotatable bonds is 4. The number of carbonyl (C=O) groups is 3. The number of fused-ring (bicyclic) bond motifs is 14. The van der Waals surface area contributed by atoms with Gasteiger partial charge in [0.15, 0.2) is 22.8 Å². The van der Waals surface area contributed by atoms with Gasteiger partial charge in [-0.05, 0) is 18.8 Å². The lowest BCUT2D eigenvalue weighted by Gasteiger charge is -2.27. The maximum Gasteiger partial charge on any atom is 0.274 e. The number of hydrogen-bond acceptors (Lipinski definition) is 13. The average Bonchev–Trinajstić information content (AvgIpc) is 3.97. The second-order valence-electron chi connectivity index (χ2n) is 12.6. The normalized spacial score (nSPS) is 17.3. The van der Waals surface area contributed by atoms with Gasteiger partial charge >= 0.3 is 0 Å². The van der Waals surface area contributed by atoms with Crippen LogP contribution in [0.5, 0.6) is 0 Å². The highest BCUT2D eigenvalue weighted by Gasteiger charge is 2.34. The monoisotopic (exact) mass is 722 g/mol. The molecule has 0 aliphatic carbocycles. The molecule has 7 rings (SSSR count). The van der Waals surface area contributed by atoms with E-state index in [-0.39, 0.29) is 63.9 Å². The fourth-order valence-electron chi connectivity index (χ4n) is 5.52. The van der Waals surface area contributed by atoms with E-state index in [2.05, 4.69) is 47.4 Å². The predicted octanol–water partition coefficient (Wildman–Crippen LogP) is 6.12. The first-order chi connectivity index (χ1) is 25.0. The number of nitrogens with zero attached hydrogens (tertiary/aromatic N) is 5. The van der Waals surface area contributed by atoms with Crippen molar-refractivity contribution in [3.63, 3.8) is 0 Å². The summed E-state index contributed by atoms with van der Waals surface area (Å²) in [6, 6.07) is 6.96. The number of amides is 3. The standard InChI is InChI=1S/C36H34N8O7S/c1-7-17(4)25-30(46)41-24(16(2)3)29(45)37-18(5)32-38-21(13-48-32)33-39-22(14-49-33)36-40-23(15-52-36)34-43-26(19(6)50-34)35-44-27(31(47)42-25)28(51-35)20-11-9-8-10-12-20/h8-17,24-25H,5,7H2,1-4,6H3,(H,37,45)(H,41,46)(H,42,47)/t17-,24+,25+/m0/s1. The molecule has 0 spiro atoms. The summed E-state index contributed by atoms with van der Waals surface area (Å²) in [6.07, 6.45) is 3.30. The molecule has 1 aromatic carbocycles. The van der Waals surface area contributed by atoms with E-state index in [1.807, 2.05) is 19.9 Å². The van der Waals surface area contributed by atoms with Gasteiger partial charge in [0, 0.05) is 10.9 Å². The zero-order valence-electron chi connectivity index (χ0n) is 28.8. The molecule has 3 atom stereocenters. The minimum absolute atomic E-state index is 0.0175. The van der Waals surface area contributed by atoms with Crippen molar-refractivity contribution < 1.29 is 32.1 Å². The molecule has 52 heavy (non-hydrogen) atoms. The zero-order chi connectivity index (χ0) is 36.7. The van der Waals surface area contributed by atoms with Gasteiger partial charge in [0.25, 0.3) is 5.91 Å². The largest absolute Gasteiger partial charge is 0.443 e. The Morgan fingerprint density at radius 2 is 1.50 bits per heavy atom. The Kier molecular flexibility index (Phi) is 9.14. The average molecular weight is 723 g/mol. The lowest BCUT2D eigenvalue weighted by Crippen LogP contribution is -2.57. The Morgan fingerprint density at radius 3 is 2.25 bits per heavy atom. The lowest BCUT2D eigenvalue weighted by molar-refractivity contribution is -0.131. The van der Waals surface area contributed by atoms with Gasteiger partial charge in [-0.3, -0.25) is 14.4 Å². The Morgan fingerprint density at radius 1 is 0.788 bits per heavy atom. The molecule has 0 saturated heterocycles. The Balaban J connectivity index is 1.33. The molecule has 6 aromatic rings. The zero-order valence-corrected chi connectivity index (χ0v) is 29.7. The molecule has 3 N–H and O–H groups in total. The van der Waals surface area contributed by atoms with Gasteiger partial charge in [-0.1, -0.05) is 71.0 Å². The molecule has 15 nitrogen and oxygen atoms in total. The topological polar surface area (TPSA) is 204 Å². The first kappa shape index (κ1) is 34.3. The summed E-state index contributed by atoms with van der Waals surface area (Å²) in [5.41, 5.74) is 1.98. The van der Waals surface area contributed by atoms with E-state index in [9.17, 15) is 14.4 Å². The second kappa shape index (κ2) is 13.9. The van der Waals surface area contributed by atoms with E-state index >= 15 is 0 Å². The predicted molar refractivity (Wildman–Crippen MR) is 189 cm³/mol. The van der Waals surface area contributed by atoms with Gasteiger partial charge in [-0.25, -0.2) is 24.9 Å². The van der Waals surface area contributed by atoms with E-state index in [1.54, 1.807) is 50.4 Å².